The molecule has 0 saturated carbocycles. The van der Waals surface area contributed by atoms with Crippen molar-refractivity contribution >= 4 is 11.9 Å². The molecule has 2 N–H and O–H groups in total. The van der Waals surface area contributed by atoms with Gasteiger partial charge in [-0.15, -0.1) is 0 Å². The van der Waals surface area contributed by atoms with Crippen LogP contribution in [0.5, 0.6) is 0 Å². The lowest BCUT2D eigenvalue weighted by Crippen LogP contribution is -2.27. The SMILES string of the molecule is O=C(O)Cc1ccc(CNC(=O)CC2CCOCC2)cc1. The van der Waals surface area contributed by atoms with Crippen LogP contribution in [0.4, 0.5) is 0 Å². The summed E-state index contributed by atoms with van der Waals surface area (Å²) >= 11 is 0. The second kappa shape index (κ2) is 7.78. The molecule has 0 bridgehead atoms. The van der Waals surface area contributed by atoms with Crippen LogP contribution in [0.3, 0.4) is 0 Å². The van der Waals surface area contributed by atoms with Crippen LogP contribution in [-0.2, 0) is 27.3 Å². The molecule has 1 aromatic carbocycles. The van der Waals surface area contributed by atoms with Crippen molar-refractivity contribution in [3.05, 3.63) is 35.4 Å². The van der Waals surface area contributed by atoms with Gasteiger partial charge in [-0.05, 0) is 29.9 Å². The first-order chi connectivity index (χ1) is 10.1. The maximum absolute atomic E-state index is 11.9. The molecule has 5 heteroatoms. The average Bonchev–Trinajstić information content (AvgIpc) is 2.47. The van der Waals surface area contributed by atoms with Crippen molar-refractivity contribution in [1.29, 1.82) is 0 Å². The topological polar surface area (TPSA) is 75.6 Å². The molecule has 0 aliphatic carbocycles. The fourth-order valence-electron chi connectivity index (χ4n) is 2.44. The van der Waals surface area contributed by atoms with Crippen LogP contribution in [0.2, 0.25) is 0 Å². The van der Waals surface area contributed by atoms with Gasteiger partial charge in [0.15, 0.2) is 0 Å². The Hall–Kier alpha value is -1.88. The predicted octanol–water partition coefficient (Wildman–Crippen LogP) is 1.75. The van der Waals surface area contributed by atoms with Crippen LogP contribution < -0.4 is 5.32 Å². The van der Waals surface area contributed by atoms with Crippen LogP contribution >= 0.6 is 0 Å². The van der Waals surface area contributed by atoms with E-state index in [1.807, 2.05) is 12.1 Å². The van der Waals surface area contributed by atoms with Crippen molar-refractivity contribution in [1.82, 2.24) is 5.32 Å². The van der Waals surface area contributed by atoms with E-state index in [2.05, 4.69) is 5.32 Å². The third-order valence-electron chi connectivity index (χ3n) is 3.68. The van der Waals surface area contributed by atoms with Gasteiger partial charge >= 0.3 is 5.97 Å². The fourth-order valence-corrected chi connectivity index (χ4v) is 2.44. The Labute approximate surface area is 124 Å². The van der Waals surface area contributed by atoms with E-state index in [4.69, 9.17) is 9.84 Å². The smallest absolute Gasteiger partial charge is 0.307 e. The van der Waals surface area contributed by atoms with E-state index < -0.39 is 5.97 Å². The molecule has 1 fully saturated rings. The number of ether oxygens (including phenoxy) is 1. The number of benzene rings is 1. The molecule has 1 aliphatic rings. The quantitative estimate of drug-likeness (QED) is 0.837. The summed E-state index contributed by atoms with van der Waals surface area (Å²) in [5, 5.41) is 11.6. The summed E-state index contributed by atoms with van der Waals surface area (Å²) in [6, 6.07) is 7.28. The van der Waals surface area contributed by atoms with Gasteiger partial charge in [0.1, 0.15) is 0 Å². The van der Waals surface area contributed by atoms with Crippen LogP contribution in [0, 0.1) is 5.92 Å². The molecular formula is C16H21NO4. The van der Waals surface area contributed by atoms with E-state index in [9.17, 15) is 9.59 Å². The summed E-state index contributed by atoms with van der Waals surface area (Å²) in [4.78, 5) is 22.5. The molecule has 1 saturated heterocycles. The molecule has 1 amide bonds. The van der Waals surface area contributed by atoms with Crippen LogP contribution in [0.25, 0.3) is 0 Å². The molecule has 21 heavy (non-hydrogen) atoms. The number of aliphatic carboxylic acids is 1. The van der Waals surface area contributed by atoms with Gasteiger partial charge in [0.05, 0.1) is 6.42 Å². The number of rotatable bonds is 6. The maximum atomic E-state index is 11.9. The largest absolute Gasteiger partial charge is 0.481 e. The molecule has 0 spiro atoms. The van der Waals surface area contributed by atoms with Crippen molar-refractivity contribution in [2.24, 2.45) is 5.92 Å². The molecule has 114 valence electrons. The Kier molecular flexibility index (Phi) is 5.75. The Morgan fingerprint density at radius 1 is 1.14 bits per heavy atom. The molecule has 1 heterocycles. The monoisotopic (exact) mass is 291 g/mol. The number of hydrogen-bond acceptors (Lipinski definition) is 3. The third kappa shape index (κ3) is 5.55. The van der Waals surface area contributed by atoms with Crippen LogP contribution in [0.15, 0.2) is 24.3 Å². The zero-order chi connectivity index (χ0) is 15.1. The lowest BCUT2D eigenvalue weighted by Gasteiger charge is -2.21. The Balaban J connectivity index is 1.74. The predicted molar refractivity (Wildman–Crippen MR) is 77.8 cm³/mol. The number of carbonyl (C=O) groups excluding carboxylic acids is 1. The second-order valence-electron chi connectivity index (χ2n) is 5.42. The molecule has 1 aliphatic heterocycles. The number of nitrogens with one attached hydrogen (secondary N) is 1. The number of hydrogen-bond donors (Lipinski definition) is 2. The zero-order valence-electron chi connectivity index (χ0n) is 12.0. The molecular weight excluding hydrogens is 270 g/mol. The van der Waals surface area contributed by atoms with Gasteiger partial charge in [-0.3, -0.25) is 9.59 Å². The van der Waals surface area contributed by atoms with Crippen molar-refractivity contribution in [2.45, 2.75) is 32.2 Å². The van der Waals surface area contributed by atoms with Gasteiger partial charge in [0.2, 0.25) is 5.91 Å². The van der Waals surface area contributed by atoms with Crippen LogP contribution in [0.1, 0.15) is 30.4 Å². The van der Waals surface area contributed by atoms with Gasteiger partial charge in [0.25, 0.3) is 0 Å². The summed E-state index contributed by atoms with van der Waals surface area (Å²) in [6.45, 7) is 1.99. The van der Waals surface area contributed by atoms with Crippen LogP contribution in [-0.4, -0.2) is 30.2 Å². The van der Waals surface area contributed by atoms with Crippen molar-refractivity contribution in [2.75, 3.05) is 13.2 Å². The highest BCUT2D eigenvalue weighted by Gasteiger charge is 2.17. The van der Waals surface area contributed by atoms with Gasteiger partial charge in [0, 0.05) is 26.2 Å². The van der Waals surface area contributed by atoms with Gasteiger partial charge in [-0.25, -0.2) is 0 Å². The fraction of sp³-hybridized carbons (Fsp3) is 0.500. The van der Waals surface area contributed by atoms with E-state index in [0.29, 0.717) is 18.9 Å². The summed E-state index contributed by atoms with van der Waals surface area (Å²) in [6.07, 6.45) is 2.49. The first-order valence-corrected chi connectivity index (χ1v) is 7.27. The molecule has 2 rings (SSSR count). The van der Waals surface area contributed by atoms with Gasteiger partial charge in [-0.2, -0.15) is 0 Å². The highest BCUT2D eigenvalue weighted by atomic mass is 16.5. The van der Waals surface area contributed by atoms with Gasteiger partial charge < -0.3 is 15.2 Å². The van der Waals surface area contributed by atoms with Gasteiger partial charge in [-0.1, -0.05) is 24.3 Å². The summed E-state index contributed by atoms with van der Waals surface area (Å²) in [5.74, 6) is -0.347. The lowest BCUT2D eigenvalue weighted by molar-refractivity contribution is -0.136. The minimum Gasteiger partial charge on any atom is -0.481 e. The van der Waals surface area contributed by atoms with E-state index in [1.54, 1.807) is 12.1 Å². The Morgan fingerprint density at radius 3 is 2.38 bits per heavy atom. The Bertz CT molecular complexity index is 478. The molecule has 0 radical (unpaired) electrons. The second-order valence-corrected chi connectivity index (χ2v) is 5.42. The Morgan fingerprint density at radius 2 is 1.76 bits per heavy atom. The number of carboxylic acid groups (broad SMARTS) is 1. The number of amides is 1. The highest BCUT2D eigenvalue weighted by Crippen LogP contribution is 2.18. The first kappa shape index (κ1) is 15.5. The van der Waals surface area contributed by atoms with E-state index in [0.717, 1.165) is 37.2 Å². The normalized spacial score (nSPS) is 15.6. The van der Waals surface area contributed by atoms with E-state index in [1.165, 1.54) is 0 Å². The van der Waals surface area contributed by atoms with Crippen molar-refractivity contribution in [3.63, 3.8) is 0 Å². The first-order valence-electron chi connectivity index (χ1n) is 7.27. The zero-order valence-corrected chi connectivity index (χ0v) is 12.0. The molecule has 0 aromatic heterocycles. The summed E-state index contributed by atoms with van der Waals surface area (Å²) < 4.78 is 5.28. The summed E-state index contributed by atoms with van der Waals surface area (Å²) in [7, 11) is 0. The minimum atomic E-state index is -0.840. The van der Waals surface area contributed by atoms with Crippen molar-refractivity contribution < 1.29 is 19.4 Å². The average molecular weight is 291 g/mol. The maximum Gasteiger partial charge on any atom is 0.307 e. The number of carbonyl (C=O) groups is 2. The standard InChI is InChI=1S/C16H21NO4/c18-15(9-13-5-7-21-8-6-13)17-11-14-3-1-12(2-4-14)10-16(19)20/h1-4,13H,5-11H2,(H,17,18)(H,19,20). The minimum absolute atomic E-state index is 0.0242. The molecule has 5 nitrogen and oxygen atoms in total. The number of carboxylic acids is 1. The van der Waals surface area contributed by atoms with E-state index >= 15 is 0 Å². The van der Waals surface area contributed by atoms with E-state index in [-0.39, 0.29) is 12.3 Å². The molecule has 0 atom stereocenters. The summed E-state index contributed by atoms with van der Waals surface area (Å²) in [5.41, 5.74) is 1.74. The molecule has 1 aromatic rings. The third-order valence-corrected chi connectivity index (χ3v) is 3.68. The van der Waals surface area contributed by atoms with Crippen molar-refractivity contribution in [3.8, 4) is 0 Å². The lowest BCUT2D eigenvalue weighted by atomic mass is 9.96. The highest BCUT2D eigenvalue weighted by molar-refractivity contribution is 5.76. The molecule has 0 unspecified atom stereocenters.